The summed E-state index contributed by atoms with van der Waals surface area (Å²) in [6.07, 6.45) is 10.8. The lowest BCUT2D eigenvalue weighted by molar-refractivity contribution is 0.461. The second-order valence-corrected chi connectivity index (χ2v) is 6.27. The standard InChI is InChI=1S/C16H22N6/c1-2-7-14-19-20-15(22(14)11-3-1)13-6-4-10-21(12-13)16-17-8-5-9-18-16/h5,8-9,13H,1-4,6-7,10-12H2. The second-order valence-electron chi connectivity index (χ2n) is 6.27. The Balaban J connectivity index is 1.57. The fraction of sp³-hybridized carbons (Fsp3) is 0.625. The van der Waals surface area contributed by atoms with Crippen LogP contribution in [0.4, 0.5) is 5.95 Å². The van der Waals surface area contributed by atoms with E-state index in [4.69, 9.17) is 0 Å². The molecule has 6 nitrogen and oxygen atoms in total. The molecule has 4 heterocycles. The molecule has 0 bridgehead atoms. The van der Waals surface area contributed by atoms with E-state index in [-0.39, 0.29) is 0 Å². The van der Waals surface area contributed by atoms with Gasteiger partial charge in [-0.2, -0.15) is 0 Å². The maximum Gasteiger partial charge on any atom is 0.225 e. The fourth-order valence-corrected chi connectivity index (χ4v) is 3.63. The minimum absolute atomic E-state index is 0.442. The first-order valence-corrected chi connectivity index (χ1v) is 8.36. The summed E-state index contributed by atoms with van der Waals surface area (Å²) in [6, 6.07) is 1.86. The van der Waals surface area contributed by atoms with Gasteiger partial charge in [-0.05, 0) is 31.7 Å². The lowest BCUT2D eigenvalue weighted by Gasteiger charge is -2.32. The van der Waals surface area contributed by atoms with Gasteiger partial charge in [0, 0.05) is 44.4 Å². The molecule has 22 heavy (non-hydrogen) atoms. The van der Waals surface area contributed by atoms with Crippen LogP contribution >= 0.6 is 0 Å². The molecule has 0 aliphatic carbocycles. The molecular weight excluding hydrogens is 276 g/mol. The second kappa shape index (κ2) is 6.02. The Kier molecular flexibility index (Phi) is 3.74. The smallest absolute Gasteiger partial charge is 0.225 e. The molecule has 0 amide bonds. The summed E-state index contributed by atoms with van der Waals surface area (Å²) in [5.41, 5.74) is 0. The highest BCUT2D eigenvalue weighted by Crippen LogP contribution is 2.29. The van der Waals surface area contributed by atoms with Gasteiger partial charge in [-0.15, -0.1) is 10.2 Å². The predicted octanol–water partition coefficient (Wildman–Crippen LogP) is 2.18. The quantitative estimate of drug-likeness (QED) is 0.850. The maximum atomic E-state index is 4.54. The van der Waals surface area contributed by atoms with E-state index in [9.17, 15) is 0 Å². The van der Waals surface area contributed by atoms with Crippen molar-refractivity contribution in [1.82, 2.24) is 24.7 Å². The Morgan fingerprint density at radius 1 is 0.955 bits per heavy atom. The van der Waals surface area contributed by atoms with Crippen LogP contribution in [0.1, 0.15) is 49.7 Å². The molecule has 116 valence electrons. The first-order valence-electron chi connectivity index (χ1n) is 8.36. The zero-order chi connectivity index (χ0) is 14.8. The molecule has 1 unspecified atom stereocenters. The molecule has 2 aromatic heterocycles. The van der Waals surface area contributed by atoms with Crippen LogP contribution in [0.15, 0.2) is 18.5 Å². The van der Waals surface area contributed by atoms with Crippen molar-refractivity contribution in [3.05, 3.63) is 30.1 Å². The normalized spacial score (nSPS) is 22.2. The number of hydrogen-bond acceptors (Lipinski definition) is 5. The average molecular weight is 298 g/mol. The highest BCUT2D eigenvalue weighted by Gasteiger charge is 2.28. The van der Waals surface area contributed by atoms with Crippen molar-refractivity contribution in [3.8, 4) is 0 Å². The Morgan fingerprint density at radius 3 is 2.77 bits per heavy atom. The summed E-state index contributed by atoms with van der Waals surface area (Å²) >= 11 is 0. The molecular formula is C16H22N6. The van der Waals surface area contributed by atoms with Crippen LogP contribution < -0.4 is 4.90 Å². The van der Waals surface area contributed by atoms with Gasteiger partial charge in [0.2, 0.25) is 5.95 Å². The van der Waals surface area contributed by atoms with Gasteiger partial charge in [0.15, 0.2) is 0 Å². The van der Waals surface area contributed by atoms with E-state index in [1.165, 1.54) is 37.3 Å². The Bertz CT molecular complexity index is 623. The van der Waals surface area contributed by atoms with Crippen LogP contribution in [0, 0.1) is 0 Å². The van der Waals surface area contributed by atoms with Crippen LogP contribution in [-0.4, -0.2) is 37.8 Å². The van der Waals surface area contributed by atoms with E-state index in [0.717, 1.165) is 38.4 Å². The van der Waals surface area contributed by atoms with Crippen LogP contribution in [0.2, 0.25) is 0 Å². The summed E-state index contributed by atoms with van der Waals surface area (Å²) in [5, 5.41) is 8.99. The number of aryl methyl sites for hydroxylation is 1. The van der Waals surface area contributed by atoms with Gasteiger partial charge >= 0.3 is 0 Å². The third-order valence-electron chi connectivity index (χ3n) is 4.76. The molecule has 0 spiro atoms. The molecule has 2 aromatic rings. The van der Waals surface area contributed by atoms with Gasteiger partial charge < -0.3 is 9.47 Å². The number of hydrogen-bond donors (Lipinski definition) is 0. The van der Waals surface area contributed by atoms with E-state index < -0.39 is 0 Å². The Morgan fingerprint density at radius 2 is 1.86 bits per heavy atom. The van der Waals surface area contributed by atoms with E-state index in [1.807, 2.05) is 18.5 Å². The molecule has 2 aliphatic rings. The van der Waals surface area contributed by atoms with Gasteiger partial charge in [0.25, 0.3) is 0 Å². The van der Waals surface area contributed by atoms with Gasteiger partial charge in [0.1, 0.15) is 11.6 Å². The first-order chi connectivity index (χ1) is 10.9. The number of anilines is 1. The third-order valence-corrected chi connectivity index (χ3v) is 4.76. The van der Waals surface area contributed by atoms with Crippen molar-refractivity contribution in [3.63, 3.8) is 0 Å². The molecule has 0 radical (unpaired) electrons. The SMILES string of the molecule is c1cnc(N2CCCC(c3nnc4n3CCCCC4)C2)nc1. The van der Waals surface area contributed by atoms with E-state index in [1.54, 1.807) is 0 Å². The third kappa shape index (κ3) is 2.58. The lowest BCUT2D eigenvalue weighted by atomic mass is 9.97. The highest BCUT2D eigenvalue weighted by molar-refractivity contribution is 5.30. The number of rotatable bonds is 2. The van der Waals surface area contributed by atoms with E-state index in [2.05, 4.69) is 29.6 Å². The highest BCUT2D eigenvalue weighted by atomic mass is 15.3. The van der Waals surface area contributed by atoms with Crippen molar-refractivity contribution >= 4 is 5.95 Å². The van der Waals surface area contributed by atoms with Crippen LogP contribution in [-0.2, 0) is 13.0 Å². The van der Waals surface area contributed by atoms with Crippen molar-refractivity contribution in [2.24, 2.45) is 0 Å². The van der Waals surface area contributed by atoms with Gasteiger partial charge in [-0.25, -0.2) is 9.97 Å². The maximum absolute atomic E-state index is 4.54. The fourth-order valence-electron chi connectivity index (χ4n) is 3.63. The molecule has 1 saturated heterocycles. The van der Waals surface area contributed by atoms with E-state index in [0.29, 0.717) is 5.92 Å². The number of fused-ring (bicyclic) bond motifs is 1. The van der Waals surface area contributed by atoms with Crippen molar-refractivity contribution in [1.29, 1.82) is 0 Å². The summed E-state index contributed by atoms with van der Waals surface area (Å²) < 4.78 is 2.38. The number of nitrogens with zero attached hydrogens (tertiary/aromatic N) is 6. The predicted molar refractivity (Wildman–Crippen MR) is 83.8 cm³/mol. The Labute approximate surface area is 130 Å². The van der Waals surface area contributed by atoms with Gasteiger partial charge in [-0.3, -0.25) is 0 Å². The van der Waals surface area contributed by atoms with Gasteiger partial charge in [-0.1, -0.05) is 6.42 Å². The van der Waals surface area contributed by atoms with E-state index >= 15 is 0 Å². The summed E-state index contributed by atoms with van der Waals surface area (Å²) in [7, 11) is 0. The first kappa shape index (κ1) is 13.7. The van der Waals surface area contributed by atoms with Crippen molar-refractivity contribution < 1.29 is 0 Å². The number of aromatic nitrogens is 5. The lowest BCUT2D eigenvalue weighted by Crippen LogP contribution is -2.36. The minimum Gasteiger partial charge on any atom is -0.340 e. The summed E-state index contributed by atoms with van der Waals surface area (Å²) in [4.78, 5) is 11.1. The molecule has 0 N–H and O–H groups in total. The average Bonchev–Trinajstić information content (AvgIpc) is 2.84. The molecule has 4 rings (SSSR count). The zero-order valence-electron chi connectivity index (χ0n) is 12.9. The molecule has 2 aliphatic heterocycles. The van der Waals surface area contributed by atoms with Gasteiger partial charge in [0.05, 0.1) is 0 Å². The summed E-state index contributed by atoms with van der Waals surface area (Å²) in [5.74, 6) is 3.64. The van der Waals surface area contributed by atoms with Crippen LogP contribution in [0.3, 0.4) is 0 Å². The molecule has 1 atom stereocenters. The summed E-state index contributed by atoms with van der Waals surface area (Å²) in [6.45, 7) is 3.06. The Hall–Kier alpha value is -1.98. The van der Waals surface area contributed by atoms with Crippen LogP contribution in [0.25, 0.3) is 0 Å². The van der Waals surface area contributed by atoms with Crippen LogP contribution in [0.5, 0.6) is 0 Å². The zero-order valence-corrected chi connectivity index (χ0v) is 12.9. The van der Waals surface area contributed by atoms with Crippen molar-refractivity contribution in [2.75, 3.05) is 18.0 Å². The molecule has 6 heteroatoms. The number of piperidine rings is 1. The largest absolute Gasteiger partial charge is 0.340 e. The monoisotopic (exact) mass is 298 g/mol. The van der Waals surface area contributed by atoms with Crippen molar-refractivity contribution in [2.45, 2.75) is 51.0 Å². The molecule has 1 fully saturated rings. The minimum atomic E-state index is 0.442. The topological polar surface area (TPSA) is 59.7 Å². The molecule has 0 saturated carbocycles. The molecule has 0 aromatic carbocycles.